The van der Waals surface area contributed by atoms with Crippen LogP contribution >= 0.6 is 0 Å². The highest BCUT2D eigenvalue weighted by atomic mass is 32.2. The minimum absolute atomic E-state index is 0.0613. The van der Waals surface area contributed by atoms with Crippen LogP contribution in [0.15, 0.2) is 47.5 Å². The van der Waals surface area contributed by atoms with E-state index in [4.69, 9.17) is 4.74 Å². The number of methoxy groups -OCH3 is 1. The van der Waals surface area contributed by atoms with Gasteiger partial charge in [-0.15, -0.1) is 0 Å². The Morgan fingerprint density at radius 3 is 2.50 bits per heavy atom. The number of hydrogen-bond donors (Lipinski definition) is 0. The Kier molecular flexibility index (Phi) is 6.48. The fraction of sp³-hybridized carbons (Fsp3) is 0.412. The molecule has 0 fully saturated rings. The maximum atomic E-state index is 13.0. The number of rotatable bonds is 8. The van der Waals surface area contributed by atoms with Gasteiger partial charge in [0.05, 0.1) is 17.0 Å². The quantitative estimate of drug-likeness (QED) is 0.650. The second kappa shape index (κ2) is 8.24. The van der Waals surface area contributed by atoms with Gasteiger partial charge < -0.3 is 9.30 Å². The predicted molar refractivity (Wildman–Crippen MR) is 90.9 cm³/mol. The third-order valence-electron chi connectivity index (χ3n) is 3.94. The number of benzene rings is 1. The minimum Gasteiger partial charge on any atom is -0.385 e. The summed E-state index contributed by atoms with van der Waals surface area (Å²) in [5.41, 5.74) is -0.257. The van der Waals surface area contributed by atoms with Gasteiger partial charge in [0.15, 0.2) is 0 Å². The molecule has 0 amide bonds. The second-order valence-electron chi connectivity index (χ2n) is 5.82. The van der Waals surface area contributed by atoms with E-state index in [0.717, 1.165) is 17.8 Å². The molecule has 0 aliphatic carbocycles. The smallest absolute Gasteiger partial charge is 0.385 e. The summed E-state index contributed by atoms with van der Waals surface area (Å²) in [7, 11) is -0.813. The maximum absolute atomic E-state index is 13.0. The number of halogens is 3. The number of aromatic nitrogens is 1. The highest BCUT2D eigenvalue weighted by Crippen LogP contribution is 2.31. The van der Waals surface area contributed by atoms with Crippen LogP contribution in [-0.2, 0) is 34.5 Å². The summed E-state index contributed by atoms with van der Waals surface area (Å²) in [5.74, 6) is 0. The fourth-order valence-electron chi connectivity index (χ4n) is 2.49. The molecule has 0 saturated carbocycles. The van der Waals surface area contributed by atoms with E-state index in [2.05, 4.69) is 0 Å². The van der Waals surface area contributed by atoms with Crippen LogP contribution < -0.4 is 0 Å². The molecule has 0 radical (unpaired) electrons. The first-order chi connectivity index (χ1) is 12.2. The SMILES string of the molecule is COCCCN(Cc1cccn1C)S(=O)(=O)c1cccc(C(F)(F)F)c1. The largest absolute Gasteiger partial charge is 0.416 e. The molecule has 9 heteroatoms. The Morgan fingerprint density at radius 2 is 1.92 bits per heavy atom. The molecule has 0 N–H and O–H groups in total. The van der Waals surface area contributed by atoms with E-state index >= 15 is 0 Å². The number of aryl methyl sites for hydroxylation is 1. The van der Waals surface area contributed by atoms with E-state index < -0.39 is 21.8 Å². The molecule has 2 aromatic rings. The average molecular weight is 390 g/mol. The first-order valence-corrected chi connectivity index (χ1v) is 9.37. The topological polar surface area (TPSA) is 51.5 Å². The molecule has 0 atom stereocenters. The van der Waals surface area contributed by atoms with Crippen LogP contribution in [-0.4, -0.2) is 37.6 Å². The molecule has 5 nitrogen and oxygen atoms in total. The van der Waals surface area contributed by atoms with E-state index in [0.29, 0.717) is 19.1 Å². The summed E-state index contributed by atoms with van der Waals surface area (Å²) in [5, 5.41) is 0. The van der Waals surface area contributed by atoms with Crippen molar-refractivity contribution < 1.29 is 26.3 Å². The number of sulfonamides is 1. The zero-order chi connectivity index (χ0) is 19.4. The van der Waals surface area contributed by atoms with Gasteiger partial charge in [-0.3, -0.25) is 0 Å². The summed E-state index contributed by atoms with van der Waals surface area (Å²) in [6, 6.07) is 7.35. The lowest BCUT2D eigenvalue weighted by Gasteiger charge is -2.23. The van der Waals surface area contributed by atoms with Crippen LogP contribution in [0.5, 0.6) is 0 Å². The molecular formula is C17H21F3N2O3S. The molecule has 1 aromatic carbocycles. The third kappa shape index (κ3) is 4.87. The lowest BCUT2D eigenvalue weighted by Crippen LogP contribution is -2.33. The van der Waals surface area contributed by atoms with Crippen molar-refractivity contribution in [3.05, 3.63) is 53.9 Å². The molecule has 0 saturated heterocycles. The number of hydrogen-bond acceptors (Lipinski definition) is 3. The molecule has 144 valence electrons. The first kappa shape index (κ1) is 20.5. The van der Waals surface area contributed by atoms with Crippen molar-refractivity contribution >= 4 is 10.0 Å². The van der Waals surface area contributed by atoms with Crippen molar-refractivity contribution in [2.45, 2.75) is 24.0 Å². The van der Waals surface area contributed by atoms with Gasteiger partial charge in [-0.1, -0.05) is 6.07 Å². The number of ether oxygens (including phenoxy) is 1. The summed E-state index contributed by atoms with van der Waals surface area (Å²) in [6.45, 7) is 0.547. The van der Waals surface area contributed by atoms with Gasteiger partial charge in [0, 0.05) is 39.2 Å². The molecular weight excluding hydrogens is 369 g/mol. The lowest BCUT2D eigenvalue weighted by molar-refractivity contribution is -0.137. The van der Waals surface area contributed by atoms with E-state index in [-0.39, 0.29) is 18.0 Å². The van der Waals surface area contributed by atoms with Gasteiger partial charge in [0.25, 0.3) is 0 Å². The maximum Gasteiger partial charge on any atom is 0.416 e. The van der Waals surface area contributed by atoms with Crippen LogP contribution in [0.2, 0.25) is 0 Å². The molecule has 0 aliphatic rings. The Hall–Kier alpha value is -1.84. The zero-order valence-corrected chi connectivity index (χ0v) is 15.3. The van der Waals surface area contributed by atoms with Crippen molar-refractivity contribution in [1.29, 1.82) is 0 Å². The molecule has 1 heterocycles. The Labute approximate surface area is 151 Å². The first-order valence-electron chi connectivity index (χ1n) is 7.93. The van der Waals surface area contributed by atoms with E-state index in [9.17, 15) is 21.6 Å². The average Bonchev–Trinajstić information content (AvgIpc) is 2.98. The van der Waals surface area contributed by atoms with Gasteiger partial charge >= 0.3 is 6.18 Å². The van der Waals surface area contributed by atoms with Crippen LogP contribution in [0, 0.1) is 0 Å². The lowest BCUT2D eigenvalue weighted by atomic mass is 10.2. The number of nitrogens with zero attached hydrogens (tertiary/aromatic N) is 2. The minimum atomic E-state index is -4.61. The molecule has 0 unspecified atom stereocenters. The predicted octanol–water partition coefficient (Wildman–Crippen LogP) is 3.27. The van der Waals surface area contributed by atoms with Crippen LogP contribution in [0.1, 0.15) is 17.7 Å². The molecule has 0 bridgehead atoms. The number of alkyl halides is 3. The summed E-state index contributed by atoms with van der Waals surface area (Å²) < 4.78 is 72.6. The van der Waals surface area contributed by atoms with E-state index in [1.807, 2.05) is 0 Å². The monoisotopic (exact) mass is 390 g/mol. The molecule has 0 spiro atoms. The molecule has 1 aromatic heterocycles. The molecule has 26 heavy (non-hydrogen) atoms. The van der Waals surface area contributed by atoms with Gasteiger partial charge in [0.1, 0.15) is 0 Å². The van der Waals surface area contributed by atoms with Gasteiger partial charge in [0.2, 0.25) is 10.0 Å². The van der Waals surface area contributed by atoms with Gasteiger partial charge in [-0.05, 0) is 36.8 Å². The van der Waals surface area contributed by atoms with Crippen LogP contribution in [0.3, 0.4) is 0 Å². The Morgan fingerprint density at radius 1 is 1.19 bits per heavy atom. The van der Waals surface area contributed by atoms with Gasteiger partial charge in [-0.2, -0.15) is 17.5 Å². The third-order valence-corrected chi connectivity index (χ3v) is 5.79. The fourth-order valence-corrected chi connectivity index (χ4v) is 3.99. The molecule has 0 aliphatic heterocycles. The Balaban J connectivity index is 2.36. The summed E-state index contributed by atoms with van der Waals surface area (Å²) in [6.07, 6.45) is -2.40. The van der Waals surface area contributed by atoms with Crippen molar-refractivity contribution in [2.24, 2.45) is 7.05 Å². The van der Waals surface area contributed by atoms with Crippen molar-refractivity contribution in [1.82, 2.24) is 8.87 Å². The second-order valence-corrected chi connectivity index (χ2v) is 7.76. The van der Waals surface area contributed by atoms with Crippen molar-refractivity contribution in [3.63, 3.8) is 0 Å². The standard InChI is InChI=1S/C17H21F3N2O3S/c1-21-9-4-7-15(21)13-22(10-5-11-25-2)26(23,24)16-8-3-6-14(12-16)17(18,19)20/h3-4,6-9,12H,5,10-11,13H2,1-2H3. The van der Waals surface area contributed by atoms with Crippen LogP contribution in [0.4, 0.5) is 13.2 Å². The normalized spacial score (nSPS) is 12.7. The summed E-state index contributed by atoms with van der Waals surface area (Å²) >= 11 is 0. The highest BCUT2D eigenvalue weighted by molar-refractivity contribution is 7.89. The Bertz CT molecular complexity index is 832. The van der Waals surface area contributed by atoms with Crippen LogP contribution in [0.25, 0.3) is 0 Å². The van der Waals surface area contributed by atoms with Gasteiger partial charge in [-0.25, -0.2) is 8.42 Å². The summed E-state index contributed by atoms with van der Waals surface area (Å²) in [4.78, 5) is -0.376. The van der Waals surface area contributed by atoms with E-state index in [1.54, 1.807) is 29.9 Å². The van der Waals surface area contributed by atoms with E-state index in [1.165, 1.54) is 17.5 Å². The zero-order valence-electron chi connectivity index (χ0n) is 14.5. The molecule has 2 rings (SSSR count). The van der Waals surface area contributed by atoms with Crippen molar-refractivity contribution in [3.8, 4) is 0 Å². The highest BCUT2D eigenvalue weighted by Gasteiger charge is 2.33. The van der Waals surface area contributed by atoms with Crippen molar-refractivity contribution in [2.75, 3.05) is 20.3 Å².